The van der Waals surface area contributed by atoms with Crippen molar-refractivity contribution in [2.24, 2.45) is 0 Å². The van der Waals surface area contributed by atoms with E-state index in [0.717, 1.165) is 6.08 Å². The zero-order chi connectivity index (χ0) is 29.6. The number of carbonyl (C=O) groups is 2. The molecule has 2 aromatic heterocycles. The third-order valence-electron chi connectivity index (χ3n) is 6.22. The quantitative estimate of drug-likeness (QED) is 0.317. The van der Waals surface area contributed by atoms with Crippen LogP contribution in [0.1, 0.15) is 18.9 Å². The number of hydrogen-bond acceptors (Lipinski definition) is 9. The van der Waals surface area contributed by atoms with Gasteiger partial charge >= 0.3 is 6.18 Å². The number of aromatic nitrogens is 3. The summed E-state index contributed by atoms with van der Waals surface area (Å²) in [5.41, 5.74) is -0.123. The van der Waals surface area contributed by atoms with Gasteiger partial charge in [0.1, 0.15) is 22.9 Å². The van der Waals surface area contributed by atoms with Crippen LogP contribution in [0.5, 0.6) is 5.88 Å². The van der Waals surface area contributed by atoms with E-state index in [2.05, 4.69) is 37.5 Å². The molecule has 0 bridgehead atoms. The first-order valence-corrected chi connectivity index (χ1v) is 12.7. The molecule has 3 heterocycles. The van der Waals surface area contributed by atoms with Crippen molar-refractivity contribution in [3.05, 3.63) is 60.8 Å². The normalized spacial score (nSPS) is 13.4. The maximum Gasteiger partial charge on any atom is 0.421 e. The largest absolute Gasteiger partial charge is 0.479 e. The number of alkyl halides is 3. The Labute approximate surface area is 234 Å². The van der Waals surface area contributed by atoms with E-state index in [9.17, 15) is 22.8 Å². The highest BCUT2D eigenvalue weighted by Crippen LogP contribution is 2.36. The van der Waals surface area contributed by atoms with Gasteiger partial charge in [0.15, 0.2) is 0 Å². The lowest BCUT2D eigenvalue weighted by Crippen LogP contribution is -2.48. The Morgan fingerprint density at radius 3 is 2.46 bits per heavy atom. The molecule has 14 heteroatoms. The average molecular weight is 571 g/mol. The summed E-state index contributed by atoms with van der Waals surface area (Å²) in [5, 5.41) is 8.09. The molecule has 4 rings (SSSR count). The van der Waals surface area contributed by atoms with E-state index in [1.54, 1.807) is 24.3 Å². The van der Waals surface area contributed by atoms with Gasteiger partial charge in [0.25, 0.3) is 0 Å². The zero-order valence-electron chi connectivity index (χ0n) is 22.5. The van der Waals surface area contributed by atoms with Crippen LogP contribution in [0, 0.1) is 0 Å². The van der Waals surface area contributed by atoms with Crippen molar-refractivity contribution >= 4 is 46.5 Å². The maximum atomic E-state index is 13.8. The lowest BCUT2D eigenvalue weighted by atomic mass is 10.2. The molecule has 0 unspecified atom stereocenters. The van der Waals surface area contributed by atoms with Gasteiger partial charge in [-0.1, -0.05) is 19.6 Å². The number of carbonyl (C=O) groups excluding carboxylic acids is 2. The van der Waals surface area contributed by atoms with Gasteiger partial charge in [-0.2, -0.15) is 23.1 Å². The van der Waals surface area contributed by atoms with Crippen LogP contribution in [0.25, 0.3) is 0 Å². The summed E-state index contributed by atoms with van der Waals surface area (Å²) in [7, 11) is 1.42. The average Bonchev–Trinajstić information content (AvgIpc) is 2.96. The van der Waals surface area contributed by atoms with Crippen molar-refractivity contribution < 1.29 is 27.5 Å². The number of benzene rings is 1. The molecule has 3 aromatic rings. The first kappa shape index (κ1) is 29.1. The van der Waals surface area contributed by atoms with Gasteiger partial charge in [-0.15, -0.1) is 0 Å². The summed E-state index contributed by atoms with van der Waals surface area (Å²) in [4.78, 5) is 39.9. The van der Waals surface area contributed by atoms with Gasteiger partial charge in [-0.3, -0.25) is 9.59 Å². The van der Waals surface area contributed by atoms with Crippen molar-refractivity contribution in [3.63, 3.8) is 0 Å². The van der Waals surface area contributed by atoms with Gasteiger partial charge in [-0.25, -0.2) is 4.98 Å². The molecule has 0 radical (unpaired) electrons. The van der Waals surface area contributed by atoms with Crippen LogP contribution in [0.4, 0.5) is 47.8 Å². The second-order valence-corrected chi connectivity index (χ2v) is 8.93. The lowest BCUT2D eigenvalue weighted by Gasteiger charge is -2.35. The number of nitrogens with zero attached hydrogens (tertiary/aromatic N) is 5. The smallest absolute Gasteiger partial charge is 0.421 e. The van der Waals surface area contributed by atoms with E-state index in [4.69, 9.17) is 4.74 Å². The summed E-state index contributed by atoms with van der Waals surface area (Å²) in [6.07, 6.45) is -2.53. The first-order chi connectivity index (χ1) is 19.6. The Kier molecular flexibility index (Phi) is 8.90. The molecule has 1 aliphatic heterocycles. The Bertz CT molecular complexity index is 1430. The van der Waals surface area contributed by atoms with E-state index in [-0.39, 0.29) is 23.4 Å². The highest BCUT2D eigenvalue weighted by atomic mass is 19.4. The monoisotopic (exact) mass is 570 g/mol. The number of halogens is 3. The van der Waals surface area contributed by atoms with Gasteiger partial charge in [0.2, 0.25) is 23.6 Å². The first-order valence-electron chi connectivity index (χ1n) is 12.7. The minimum atomic E-state index is -4.73. The number of anilines is 6. The van der Waals surface area contributed by atoms with Crippen LogP contribution < -0.4 is 25.6 Å². The van der Waals surface area contributed by atoms with E-state index >= 15 is 0 Å². The second-order valence-electron chi connectivity index (χ2n) is 8.93. The van der Waals surface area contributed by atoms with Gasteiger partial charge < -0.3 is 30.5 Å². The third kappa shape index (κ3) is 7.21. The van der Waals surface area contributed by atoms with Crippen molar-refractivity contribution in [2.75, 3.05) is 54.1 Å². The van der Waals surface area contributed by atoms with Crippen molar-refractivity contribution in [3.8, 4) is 5.88 Å². The van der Waals surface area contributed by atoms with Gasteiger partial charge in [-0.05, 0) is 36.4 Å². The molecule has 0 atom stereocenters. The third-order valence-corrected chi connectivity index (χ3v) is 6.22. The lowest BCUT2D eigenvalue weighted by molar-refractivity contribution is -0.137. The number of amides is 2. The molecular formula is C27H29F3N8O3. The van der Waals surface area contributed by atoms with E-state index in [0.29, 0.717) is 56.0 Å². The molecule has 1 fully saturated rings. The fourth-order valence-electron chi connectivity index (χ4n) is 4.14. The van der Waals surface area contributed by atoms with E-state index < -0.39 is 23.5 Å². The summed E-state index contributed by atoms with van der Waals surface area (Å²) < 4.78 is 46.7. The SMILES string of the molecule is C=CC(=O)Nc1cccc(Nc2nc(Nc3ccc(N4CCN(C(=O)CC)CC4)nc3OC)ncc2C(F)(F)F)c1. The molecule has 216 valence electrons. The predicted molar refractivity (Wildman–Crippen MR) is 149 cm³/mol. The number of hydrogen-bond donors (Lipinski definition) is 3. The van der Waals surface area contributed by atoms with E-state index in [1.165, 1.54) is 19.2 Å². The Morgan fingerprint density at radius 1 is 1.07 bits per heavy atom. The molecule has 2 amide bonds. The van der Waals surface area contributed by atoms with Crippen LogP contribution in [-0.2, 0) is 15.8 Å². The van der Waals surface area contributed by atoms with Crippen molar-refractivity contribution in [2.45, 2.75) is 19.5 Å². The predicted octanol–water partition coefficient (Wildman–Crippen LogP) is 4.57. The van der Waals surface area contributed by atoms with E-state index in [1.807, 2.05) is 16.7 Å². The summed E-state index contributed by atoms with van der Waals surface area (Å²) >= 11 is 0. The number of methoxy groups -OCH3 is 1. The highest BCUT2D eigenvalue weighted by Gasteiger charge is 2.35. The minimum Gasteiger partial charge on any atom is -0.479 e. The Hall–Kier alpha value is -4.88. The summed E-state index contributed by atoms with van der Waals surface area (Å²) in [5.74, 6) is -0.156. The van der Waals surface area contributed by atoms with Crippen LogP contribution >= 0.6 is 0 Å². The zero-order valence-corrected chi connectivity index (χ0v) is 22.5. The molecule has 1 aliphatic rings. The Morgan fingerprint density at radius 2 is 1.80 bits per heavy atom. The molecule has 0 saturated carbocycles. The fraction of sp³-hybridized carbons (Fsp3) is 0.296. The van der Waals surface area contributed by atoms with Crippen LogP contribution in [-0.4, -0.2) is 65.0 Å². The molecule has 0 spiro atoms. The number of piperazine rings is 1. The topological polar surface area (TPSA) is 125 Å². The van der Waals surface area contributed by atoms with Crippen LogP contribution in [0.15, 0.2) is 55.3 Å². The van der Waals surface area contributed by atoms with Crippen molar-refractivity contribution in [1.29, 1.82) is 0 Å². The molecule has 3 N–H and O–H groups in total. The fourth-order valence-corrected chi connectivity index (χ4v) is 4.14. The number of pyridine rings is 1. The maximum absolute atomic E-state index is 13.8. The Balaban J connectivity index is 1.55. The summed E-state index contributed by atoms with van der Waals surface area (Å²) in [6, 6.07) is 9.55. The highest BCUT2D eigenvalue weighted by molar-refractivity contribution is 5.99. The molecular weight excluding hydrogens is 541 g/mol. The number of ether oxygens (including phenoxy) is 1. The molecule has 0 aliphatic carbocycles. The van der Waals surface area contributed by atoms with Gasteiger partial charge in [0, 0.05) is 50.2 Å². The minimum absolute atomic E-state index is 0.104. The standard InChI is InChI=1S/C27H29F3N8O3/c1-4-22(39)32-17-7-6-8-18(15-17)33-24-19(27(28,29)30)16-31-26(36-24)34-20-9-10-21(35-25(20)41-3)37-11-13-38(14-12-37)23(40)5-2/h4,6-10,15-16H,1,5,11-14H2,2-3H3,(H,32,39)(H2,31,33,34,36). The molecule has 11 nitrogen and oxygen atoms in total. The van der Waals surface area contributed by atoms with Crippen molar-refractivity contribution in [1.82, 2.24) is 19.9 Å². The summed E-state index contributed by atoms with van der Waals surface area (Å²) in [6.45, 7) is 7.57. The molecule has 1 aromatic carbocycles. The molecule has 41 heavy (non-hydrogen) atoms. The van der Waals surface area contributed by atoms with Crippen LogP contribution in [0.3, 0.4) is 0 Å². The second kappa shape index (κ2) is 12.5. The number of rotatable bonds is 9. The molecule has 1 saturated heterocycles. The van der Waals surface area contributed by atoms with Crippen LogP contribution in [0.2, 0.25) is 0 Å². The van der Waals surface area contributed by atoms with Gasteiger partial charge in [0.05, 0.1) is 7.11 Å². The number of nitrogens with one attached hydrogen (secondary N) is 3.